The van der Waals surface area contributed by atoms with E-state index in [1.165, 1.54) is 5.56 Å². The highest BCUT2D eigenvalue weighted by molar-refractivity contribution is 5.74. The third-order valence-electron chi connectivity index (χ3n) is 3.16. The second-order valence-corrected chi connectivity index (χ2v) is 4.72. The molecule has 2 amide bonds. The molecule has 20 heavy (non-hydrogen) atoms. The third-order valence-corrected chi connectivity index (χ3v) is 3.16. The molecule has 2 rings (SSSR count). The second kappa shape index (κ2) is 8.50. The van der Waals surface area contributed by atoms with Gasteiger partial charge in [-0.15, -0.1) is 0 Å². The Morgan fingerprint density at radius 2 is 2.20 bits per heavy atom. The highest BCUT2D eigenvalue weighted by Gasteiger charge is 2.15. The lowest BCUT2D eigenvalue weighted by atomic mass is 10.3. The Bertz CT molecular complexity index is 393. The van der Waals surface area contributed by atoms with Gasteiger partial charge >= 0.3 is 6.03 Å². The summed E-state index contributed by atoms with van der Waals surface area (Å²) in [7, 11) is 0. The van der Waals surface area contributed by atoms with Crippen LogP contribution in [-0.4, -0.2) is 55.3 Å². The van der Waals surface area contributed by atoms with Crippen molar-refractivity contribution in [1.29, 1.82) is 0 Å². The number of carbonyl (C=O) groups is 1. The number of rotatable bonds is 6. The highest BCUT2D eigenvalue weighted by atomic mass is 16.5. The van der Waals surface area contributed by atoms with Crippen LogP contribution in [0.15, 0.2) is 24.5 Å². The smallest absolute Gasteiger partial charge is 0.317 e. The van der Waals surface area contributed by atoms with Crippen molar-refractivity contribution in [1.82, 2.24) is 20.5 Å². The minimum atomic E-state index is 0.0144. The molecular weight excluding hydrogens is 256 g/mol. The van der Waals surface area contributed by atoms with Crippen molar-refractivity contribution in [3.05, 3.63) is 30.1 Å². The van der Waals surface area contributed by atoms with Crippen LogP contribution in [0.2, 0.25) is 0 Å². The molecule has 2 N–H and O–H groups in total. The zero-order valence-corrected chi connectivity index (χ0v) is 11.7. The number of amides is 2. The van der Waals surface area contributed by atoms with Crippen LogP contribution in [0.3, 0.4) is 0 Å². The van der Waals surface area contributed by atoms with E-state index in [9.17, 15) is 4.79 Å². The van der Waals surface area contributed by atoms with Crippen molar-refractivity contribution in [3.63, 3.8) is 0 Å². The van der Waals surface area contributed by atoms with Crippen molar-refractivity contribution in [2.75, 3.05) is 39.4 Å². The summed E-state index contributed by atoms with van der Waals surface area (Å²) in [6, 6.07) is 3.99. The van der Waals surface area contributed by atoms with Crippen LogP contribution in [0.4, 0.5) is 4.79 Å². The summed E-state index contributed by atoms with van der Waals surface area (Å²) in [5.41, 5.74) is 1.17. The molecule has 1 aliphatic heterocycles. The number of pyridine rings is 1. The van der Waals surface area contributed by atoms with Gasteiger partial charge in [0.2, 0.25) is 0 Å². The van der Waals surface area contributed by atoms with Crippen molar-refractivity contribution in [2.24, 2.45) is 0 Å². The van der Waals surface area contributed by atoms with E-state index in [4.69, 9.17) is 4.74 Å². The maximum Gasteiger partial charge on any atom is 0.317 e. The molecule has 0 saturated carbocycles. The third kappa shape index (κ3) is 5.14. The van der Waals surface area contributed by atoms with Gasteiger partial charge in [0.05, 0.1) is 13.2 Å². The Morgan fingerprint density at radius 3 is 2.95 bits per heavy atom. The van der Waals surface area contributed by atoms with Gasteiger partial charge in [-0.3, -0.25) is 4.98 Å². The molecule has 110 valence electrons. The fourth-order valence-corrected chi connectivity index (χ4v) is 2.02. The first kappa shape index (κ1) is 14.7. The predicted octanol–water partition coefficient (Wildman–Crippen LogP) is 0.603. The number of hydrogen-bond donors (Lipinski definition) is 2. The Kier molecular flexibility index (Phi) is 6.26. The van der Waals surface area contributed by atoms with Crippen LogP contribution < -0.4 is 10.6 Å². The molecule has 1 aromatic rings. The summed E-state index contributed by atoms with van der Waals surface area (Å²) in [5.74, 6) is 0. The molecule has 1 aliphatic rings. The van der Waals surface area contributed by atoms with Crippen molar-refractivity contribution >= 4 is 6.03 Å². The van der Waals surface area contributed by atoms with E-state index in [1.54, 1.807) is 11.1 Å². The average Bonchev–Trinajstić information content (AvgIpc) is 2.52. The number of hydrogen-bond acceptors (Lipinski definition) is 4. The summed E-state index contributed by atoms with van der Waals surface area (Å²) in [5, 5.41) is 6.26. The number of aromatic nitrogens is 1. The largest absolute Gasteiger partial charge is 0.378 e. The van der Waals surface area contributed by atoms with Gasteiger partial charge in [0.15, 0.2) is 0 Å². The van der Waals surface area contributed by atoms with Gasteiger partial charge < -0.3 is 20.3 Å². The van der Waals surface area contributed by atoms with Crippen LogP contribution in [0.5, 0.6) is 0 Å². The summed E-state index contributed by atoms with van der Waals surface area (Å²) >= 11 is 0. The van der Waals surface area contributed by atoms with Crippen molar-refractivity contribution in [2.45, 2.75) is 13.0 Å². The van der Waals surface area contributed by atoms with Gasteiger partial charge in [0.25, 0.3) is 0 Å². The molecule has 0 aliphatic carbocycles. The van der Waals surface area contributed by atoms with E-state index in [0.29, 0.717) is 32.8 Å². The van der Waals surface area contributed by atoms with Gasteiger partial charge in [-0.05, 0) is 24.6 Å². The molecule has 2 heterocycles. The predicted molar refractivity (Wildman–Crippen MR) is 76.4 cm³/mol. The lowest BCUT2D eigenvalue weighted by molar-refractivity contribution is 0.0532. The molecular formula is C14H22N4O2. The normalized spacial score (nSPS) is 15.1. The minimum Gasteiger partial charge on any atom is -0.378 e. The quantitative estimate of drug-likeness (QED) is 0.748. The molecule has 0 unspecified atom stereocenters. The van der Waals surface area contributed by atoms with Gasteiger partial charge in [-0.25, -0.2) is 4.79 Å². The van der Waals surface area contributed by atoms with E-state index in [-0.39, 0.29) is 6.03 Å². The summed E-state index contributed by atoms with van der Waals surface area (Å²) in [4.78, 5) is 17.6. The van der Waals surface area contributed by atoms with Gasteiger partial charge in [-0.2, -0.15) is 0 Å². The van der Waals surface area contributed by atoms with E-state index >= 15 is 0 Å². The van der Waals surface area contributed by atoms with Gasteiger partial charge in [-0.1, -0.05) is 6.07 Å². The van der Waals surface area contributed by atoms with Crippen LogP contribution in [0.25, 0.3) is 0 Å². The molecule has 1 saturated heterocycles. The first-order valence-corrected chi connectivity index (χ1v) is 7.06. The molecule has 0 bridgehead atoms. The Morgan fingerprint density at radius 1 is 1.35 bits per heavy atom. The number of urea groups is 1. The van der Waals surface area contributed by atoms with E-state index in [2.05, 4.69) is 15.6 Å². The van der Waals surface area contributed by atoms with E-state index in [1.807, 2.05) is 18.3 Å². The standard InChI is InChI=1S/C14H22N4O2/c19-14(18-7-9-20-10-8-18)17-6-2-5-16-12-13-3-1-4-15-11-13/h1,3-4,11,16H,2,5-10,12H2,(H,17,19). The summed E-state index contributed by atoms with van der Waals surface area (Å²) < 4.78 is 5.21. The average molecular weight is 278 g/mol. The maximum atomic E-state index is 11.8. The number of carbonyl (C=O) groups excluding carboxylic acids is 1. The fraction of sp³-hybridized carbons (Fsp3) is 0.571. The molecule has 0 spiro atoms. The topological polar surface area (TPSA) is 66.5 Å². The number of nitrogens with zero attached hydrogens (tertiary/aromatic N) is 2. The molecule has 1 fully saturated rings. The monoisotopic (exact) mass is 278 g/mol. The molecule has 0 atom stereocenters. The number of ether oxygens (including phenoxy) is 1. The van der Waals surface area contributed by atoms with Crippen LogP contribution in [-0.2, 0) is 11.3 Å². The van der Waals surface area contributed by atoms with Crippen molar-refractivity contribution in [3.8, 4) is 0 Å². The van der Waals surface area contributed by atoms with E-state index < -0.39 is 0 Å². The number of nitrogens with one attached hydrogen (secondary N) is 2. The van der Waals surface area contributed by atoms with Crippen molar-refractivity contribution < 1.29 is 9.53 Å². The zero-order valence-electron chi connectivity index (χ0n) is 11.7. The Labute approximate surface area is 119 Å². The molecule has 6 heteroatoms. The van der Waals surface area contributed by atoms with Crippen LogP contribution in [0.1, 0.15) is 12.0 Å². The fourth-order valence-electron chi connectivity index (χ4n) is 2.02. The minimum absolute atomic E-state index is 0.0144. The molecule has 6 nitrogen and oxygen atoms in total. The first-order chi connectivity index (χ1) is 9.86. The maximum absolute atomic E-state index is 11.8. The van der Waals surface area contributed by atoms with Gasteiger partial charge in [0.1, 0.15) is 0 Å². The molecule has 0 radical (unpaired) electrons. The number of morpholine rings is 1. The SMILES string of the molecule is O=C(NCCCNCc1cccnc1)N1CCOCC1. The van der Waals surface area contributed by atoms with Crippen LogP contribution in [0, 0.1) is 0 Å². The summed E-state index contributed by atoms with van der Waals surface area (Å²) in [6.45, 7) is 5.02. The first-order valence-electron chi connectivity index (χ1n) is 7.06. The summed E-state index contributed by atoms with van der Waals surface area (Å²) in [6.07, 6.45) is 4.54. The zero-order chi connectivity index (χ0) is 14.0. The Balaban J connectivity index is 1.50. The lowest BCUT2D eigenvalue weighted by Crippen LogP contribution is -2.46. The molecule has 1 aromatic heterocycles. The van der Waals surface area contributed by atoms with Crippen LogP contribution >= 0.6 is 0 Å². The van der Waals surface area contributed by atoms with E-state index in [0.717, 1.165) is 19.5 Å². The van der Waals surface area contributed by atoms with Gasteiger partial charge in [0, 0.05) is 38.6 Å². The molecule has 0 aromatic carbocycles. The second-order valence-electron chi connectivity index (χ2n) is 4.72. The lowest BCUT2D eigenvalue weighted by Gasteiger charge is -2.26. The Hall–Kier alpha value is -1.66. The highest BCUT2D eigenvalue weighted by Crippen LogP contribution is 1.97.